The predicted molar refractivity (Wildman–Crippen MR) is 86.3 cm³/mol. The molecule has 0 unspecified atom stereocenters. The lowest BCUT2D eigenvalue weighted by molar-refractivity contribution is -0.122. The fourth-order valence-corrected chi connectivity index (χ4v) is 1.88. The zero-order valence-electron chi connectivity index (χ0n) is 12.8. The highest BCUT2D eigenvalue weighted by Gasteiger charge is 2.00. The van der Waals surface area contributed by atoms with Crippen LogP contribution in [0.3, 0.4) is 0 Å². The lowest BCUT2D eigenvalue weighted by Crippen LogP contribution is -2.24. The lowest BCUT2D eigenvalue weighted by atomic mass is 10.2. The number of anilines is 1. The predicted octanol–water partition coefficient (Wildman–Crippen LogP) is 2.43. The van der Waals surface area contributed by atoms with Gasteiger partial charge < -0.3 is 20.1 Å². The monoisotopic (exact) mass is 300 g/mol. The van der Waals surface area contributed by atoms with E-state index < -0.39 is 0 Å². The molecule has 116 valence electrons. The van der Waals surface area contributed by atoms with Crippen LogP contribution >= 0.6 is 0 Å². The molecule has 1 amide bonds. The van der Waals surface area contributed by atoms with Gasteiger partial charge in [0.25, 0.3) is 5.91 Å². The van der Waals surface area contributed by atoms with Gasteiger partial charge in [-0.1, -0.05) is 12.1 Å². The molecule has 0 bridgehead atoms. The van der Waals surface area contributed by atoms with E-state index in [0.29, 0.717) is 12.3 Å². The topological polar surface area (TPSA) is 59.6 Å². The number of hydrogen-bond donors (Lipinski definition) is 2. The van der Waals surface area contributed by atoms with Crippen LogP contribution in [-0.4, -0.2) is 26.7 Å². The average molecular weight is 300 g/mol. The first kappa shape index (κ1) is 15.7. The minimum Gasteiger partial charge on any atom is -0.497 e. The van der Waals surface area contributed by atoms with Crippen molar-refractivity contribution in [1.82, 2.24) is 5.32 Å². The summed E-state index contributed by atoms with van der Waals surface area (Å²) in [5.41, 5.74) is 2.12. The number of ether oxygens (including phenoxy) is 2. The molecule has 0 fully saturated rings. The van der Waals surface area contributed by atoms with E-state index in [-0.39, 0.29) is 12.5 Å². The van der Waals surface area contributed by atoms with E-state index in [4.69, 9.17) is 9.47 Å². The third kappa shape index (κ3) is 4.70. The maximum absolute atomic E-state index is 11.1. The van der Waals surface area contributed by atoms with Crippen LogP contribution in [0.25, 0.3) is 0 Å². The zero-order valence-corrected chi connectivity index (χ0v) is 12.8. The van der Waals surface area contributed by atoms with Crippen LogP contribution in [-0.2, 0) is 11.3 Å². The molecular weight excluding hydrogens is 280 g/mol. The molecule has 0 saturated heterocycles. The Bertz CT molecular complexity index is 612. The molecule has 5 heteroatoms. The van der Waals surface area contributed by atoms with Crippen LogP contribution in [0.1, 0.15) is 5.56 Å². The van der Waals surface area contributed by atoms with Crippen LogP contribution in [0.5, 0.6) is 11.5 Å². The molecule has 0 heterocycles. The van der Waals surface area contributed by atoms with Crippen molar-refractivity contribution in [2.24, 2.45) is 0 Å². The number of nitrogens with one attached hydrogen (secondary N) is 2. The third-order valence-corrected chi connectivity index (χ3v) is 3.13. The summed E-state index contributed by atoms with van der Waals surface area (Å²) >= 11 is 0. The molecule has 0 aromatic heterocycles. The maximum Gasteiger partial charge on any atom is 0.257 e. The minimum atomic E-state index is -0.153. The SMILES string of the molecule is CNC(=O)COc1ccc(NCc2cccc(OC)c2)cc1. The maximum atomic E-state index is 11.1. The van der Waals surface area contributed by atoms with E-state index in [1.54, 1.807) is 14.2 Å². The molecule has 5 nitrogen and oxygen atoms in total. The summed E-state index contributed by atoms with van der Waals surface area (Å²) in [5, 5.41) is 5.83. The molecule has 0 aliphatic rings. The molecule has 2 N–H and O–H groups in total. The normalized spacial score (nSPS) is 9.91. The first-order valence-electron chi connectivity index (χ1n) is 7.01. The molecule has 0 saturated carbocycles. The number of benzene rings is 2. The van der Waals surface area contributed by atoms with Crippen molar-refractivity contribution < 1.29 is 14.3 Å². The third-order valence-electron chi connectivity index (χ3n) is 3.13. The van der Waals surface area contributed by atoms with Gasteiger partial charge in [0.2, 0.25) is 0 Å². The Balaban J connectivity index is 1.86. The van der Waals surface area contributed by atoms with Crippen molar-refractivity contribution in [2.45, 2.75) is 6.54 Å². The highest BCUT2D eigenvalue weighted by Crippen LogP contribution is 2.18. The smallest absolute Gasteiger partial charge is 0.257 e. The molecule has 2 aromatic carbocycles. The Labute approximate surface area is 130 Å². The quantitative estimate of drug-likeness (QED) is 0.824. The van der Waals surface area contributed by atoms with E-state index in [9.17, 15) is 4.79 Å². The Morgan fingerprint density at radius 2 is 1.86 bits per heavy atom. The molecule has 0 spiro atoms. The first-order chi connectivity index (χ1) is 10.7. The highest BCUT2D eigenvalue weighted by molar-refractivity contribution is 5.77. The number of carbonyl (C=O) groups excluding carboxylic acids is 1. The Morgan fingerprint density at radius 3 is 2.55 bits per heavy atom. The molecule has 2 aromatic rings. The summed E-state index contributed by atoms with van der Waals surface area (Å²) in [6, 6.07) is 15.4. The number of methoxy groups -OCH3 is 1. The summed E-state index contributed by atoms with van der Waals surface area (Å²) in [6.07, 6.45) is 0. The summed E-state index contributed by atoms with van der Waals surface area (Å²) in [4.78, 5) is 11.1. The molecule has 0 radical (unpaired) electrons. The van der Waals surface area contributed by atoms with Crippen molar-refractivity contribution >= 4 is 11.6 Å². The Morgan fingerprint density at radius 1 is 1.09 bits per heavy atom. The largest absolute Gasteiger partial charge is 0.497 e. The van der Waals surface area contributed by atoms with E-state index in [0.717, 1.165) is 17.0 Å². The number of amides is 1. The van der Waals surface area contributed by atoms with Gasteiger partial charge in [-0.05, 0) is 42.0 Å². The highest BCUT2D eigenvalue weighted by atomic mass is 16.5. The summed E-state index contributed by atoms with van der Waals surface area (Å²) in [7, 11) is 3.24. The number of carbonyl (C=O) groups is 1. The first-order valence-corrected chi connectivity index (χ1v) is 7.01. The van der Waals surface area contributed by atoms with Gasteiger partial charge >= 0.3 is 0 Å². The van der Waals surface area contributed by atoms with Gasteiger partial charge in [0.1, 0.15) is 11.5 Å². The molecule has 0 atom stereocenters. The van der Waals surface area contributed by atoms with Gasteiger partial charge in [0.05, 0.1) is 7.11 Å². The van der Waals surface area contributed by atoms with Crippen LogP contribution in [0.4, 0.5) is 5.69 Å². The second-order valence-electron chi connectivity index (χ2n) is 4.69. The Kier molecular flexibility index (Phi) is 5.65. The fraction of sp³-hybridized carbons (Fsp3) is 0.235. The summed E-state index contributed by atoms with van der Waals surface area (Å²) in [6.45, 7) is 0.725. The average Bonchev–Trinajstić information content (AvgIpc) is 2.58. The minimum absolute atomic E-state index is 0.0209. The van der Waals surface area contributed by atoms with Crippen molar-refractivity contribution in [3.8, 4) is 11.5 Å². The second kappa shape index (κ2) is 7.93. The Hall–Kier alpha value is -2.69. The molecule has 22 heavy (non-hydrogen) atoms. The molecule has 0 aliphatic carbocycles. The fourth-order valence-electron chi connectivity index (χ4n) is 1.88. The van der Waals surface area contributed by atoms with Crippen molar-refractivity contribution in [2.75, 3.05) is 26.1 Å². The number of hydrogen-bond acceptors (Lipinski definition) is 4. The van der Waals surface area contributed by atoms with Gasteiger partial charge in [-0.2, -0.15) is 0 Å². The van der Waals surface area contributed by atoms with E-state index in [1.807, 2.05) is 48.5 Å². The lowest BCUT2D eigenvalue weighted by Gasteiger charge is -2.09. The van der Waals surface area contributed by atoms with Gasteiger partial charge in [-0.15, -0.1) is 0 Å². The van der Waals surface area contributed by atoms with E-state index in [2.05, 4.69) is 10.6 Å². The van der Waals surface area contributed by atoms with E-state index in [1.165, 1.54) is 0 Å². The van der Waals surface area contributed by atoms with E-state index >= 15 is 0 Å². The number of likely N-dealkylation sites (N-methyl/N-ethyl adjacent to an activating group) is 1. The zero-order chi connectivity index (χ0) is 15.8. The summed E-state index contributed by atoms with van der Waals surface area (Å²) < 4.78 is 10.6. The van der Waals surface area contributed by atoms with Crippen LogP contribution in [0.15, 0.2) is 48.5 Å². The molecular formula is C17H20N2O3. The van der Waals surface area contributed by atoms with Crippen molar-refractivity contribution in [1.29, 1.82) is 0 Å². The van der Waals surface area contributed by atoms with Gasteiger partial charge in [0.15, 0.2) is 6.61 Å². The van der Waals surface area contributed by atoms with Crippen LogP contribution in [0.2, 0.25) is 0 Å². The molecule has 0 aliphatic heterocycles. The molecule has 2 rings (SSSR count). The summed E-state index contributed by atoms with van der Waals surface area (Å²) in [5.74, 6) is 1.35. The standard InChI is InChI=1S/C17H20N2O3/c1-18-17(20)12-22-15-8-6-14(7-9-15)19-11-13-4-3-5-16(10-13)21-2/h3-10,19H,11-12H2,1-2H3,(H,18,20). The van der Waals surface area contributed by atoms with Crippen molar-refractivity contribution in [3.63, 3.8) is 0 Å². The van der Waals surface area contributed by atoms with Gasteiger partial charge in [-0.3, -0.25) is 4.79 Å². The van der Waals surface area contributed by atoms with Gasteiger partial charge in [0, 0.05) is 19.3 Å². The number of rotatable bonds is 7. The van der Waals surface area contributed by atoms with Crippen molar-refractivity contribution in [3.05, 3.63) is 54.1 Å². The van der Waals surface area contributed by atoms with Crippen LogP contribution in [0, 0.1) is 0 Å². The van der Waals surface area contributed by atoms with Crippen LogP contribution < -0.4 is 20.1 Å². The van der Waals surface area contributed by atoms with Gasteiger partial charge in [-0.25, -0.2) is 0 Å². The second-order valence-corrected chi connectivity index (χ2v) is 4.69.